The minimum absolute atomic E-state index is 0.0420. The van der Waals surface area contributed by atoms with Crippen LogP contribution in [0.2, 0.25) is 10.0 Å². The predicted molar refractivity (Wildman–Crippen MR) is 105 cm³/mol. The Morgan fingerprint density at radius 2 is 1.81 bits per heavy atom. The van der Waals surface area contributed by atoms with Crippen LogP contribution >= 0.6 is 23.2 Å². The first-order chi connectivity index (χ1) is 12.6. The zero-order valence-electron chi connectivity index (χ0n) is 13.4. The summed E-state index contributed by atoms with van der Waals surface area (Å²) in [5.74, 6) is 0.407. The number of aliphatic imine (C=N–C) groups is 1. The monoisotopic (exact) mass is 382 g/mol. The molecule has 0 aliphatic carbocycles. The number of aromatic hydroxyl groups is 1. The van der Waals surface area contributed by atoms with Crippen molar-refractivity contribution in [2.45, 2.75) is 0 Å². The SMILES string of the molecule is Oc1cc(N=Cc2ccc(Cl)c(Cl)c2)ccc1-c1nc2ccccc2o1. The average molecular weight is 383 g/mol. The number of fused-ring (bicyclic) bond motifs is 1. The lowest BCUT2D eigenvalue weighted by molar-refractivity contribution is 0.474. The number of hydrogen-bond acceptors (Lipinski definition) is 4. The quantitative estimate of drug-likeness (QED) is 0.425. The summed E-state index contributed by atoms with van der Waals surface area (Å²) in [7, 11) is 0. The van der Waals surface area contributed by atoms with E-state index in [0.717, 1.165) is 11.1 Å². The number of oxazole rings is 1. The highest BCUT2D eigenvalue weighted by atomic mass is 35.5. The van der Waals surface area contributed by atoms with Gasteiger partial charge in [-0.15, -0.1) is 0 Å². The molecule has 0 spiro atoms. The fraction of sp³-hybridized carbons (Fsp3) is 0. The molecule has 0 saturated heterocycles. The van der Waals surface area contributed by atoms with Crippen molar-refractivity contribution in [3.8, 4) is 17.2 Å². The smallest absolute Gasteiger partial charge is 0.231 e. The van der Waals surface area contributed by atoms with E-state index in [1.165, 1.54) is 0 Å². The van der Waals surface area contributed by atoms with Gasteiger partial charge in [0.2, 0.25) is 5.89 Å². The third kappa shape index (κ3) is 3.29. The normalized spacial score (nSPS) is 11.5. The number of para-hydroxylation sites is 2. The summed E-state index contributed by atoms with van der Waals surface area (Å²) in [5, 5.41) is 11.3. The van der Waals surface area contributed by atoms with Crippen LogP contribution in [0.1, 0.15) is 5.56 Å². The van der Waals surface area contributed by atoms with E-state index in [1.807, 2.05) is 30.3 Å². The Bertz CT molecular complexity index is 1100. The summed E-state index contributed by atoms with van der Waals surface area (Å²) in [5.41, 5.74) is 3.32. The standard InChI is InChI=1S/C20H12Cl2N2O2/c21-15-8-5-12(9-16(15)22)11-23-13-6-7-14(18(25)10-13)20-24-17-3-1-2-4-19(17)26-20/h1-11,25H. The van der Waals surface area contributed by atoms with E-state index in [9.17, 15) is 5.11 Å². The van der Waals surface area contributed by atoms with Crippen LogP contribution < -0.4 is 0 Å². The molecule has 3 aromatic carbocycles. The molecule has 6 heteroatoms. The van der Waals surface area contributed by atoms with Crippen molar-refractivity contribution < 1.29 is 9.52 Å². The van der Waals surface area contributed by atoms with E-state index < -0.39 is 0 Å². The summed E-state index contributed by atoms with van der Waals surface area (Å²) in [6, 6.07) is 17.7. The molecule has 128 valence electrons. The first-order valence-corrected chi connectivity index (χ1v) is 8.54. The van der Waals surface area contributed by atoms with Crippen LogP contribution in [0.15, 0.2) is 70.1 Å². The van der Waals surface area contributed by atoms with Gasteiger partial charge in [-0.3, -0.25) is 4.99 Å². The molecular weight excluding hydrogens is 371 g/mol. The molecule has 0 radical (unpaired) electrons. The van der Waals surface area contributed by atoms with Crippen LogP contribution in [0.5, 0.6) is 5.75 Å². The van der Waals surface area contributed by atoms with Gasteiger partial charge in [-0.2, -0.15) is 0 Å². The molecule has 26 heavy (non-hydrogen) atoms. The average Bonchev–Trinajstić information content (AvgIpc) is 3.06. The van der Waals surface area contributed by atoms with E-state index >= 15 is 0 Å². The number of phenolic OH excluding ortho intramolecular Hbond substituents is 1. The topological polar surface area (TPSA) is 58.6 Å². The van der Waals surface area contributed by atoms with Gasteiger partial charge >= 0.3 is 0 Å². The number of rotatable bonds is 3. The van der Waals surface area contributed by atoms with Crippen molar-refractivity contribution in [1.29, 1.82) is 0 Å². The van der Waals surface area contributed by atoms with E-state index in [1.54, 1.807) is 36.5 Å². The van der Waals surface area contributed by atoms with Crippen LogP contribution in [0, 0.1) is 0 Å². The largest absolute Gasteiger partial charge is 0.507 e. The Labute approximate surface area is 159 Å². The highest BCUT2D eigenvalue weighted by Crippen LogP contribution is 2.33. The zero-order chi connectivity index (χ0) is 18.1. The predicted octanol–water partition coefficient (Wildman–Crippen LogP) is 6.26. The first-order valence-electron chi connectivity index (χ1n) is 7.78. The Balaban J connectivity index is 1.63. The number of benzene rings is 3. The van der Waals surface area contributed by atoms with Gasteiger partial charge < -0.3 is 9.52 Å². The lowest BCUT2D eigenvalue weighted by Gasteiger charge is -2.02. The van der Waals surface area contributed by atoms with E-state index in [4.69, 9.17) is 27.6 Å². The maximum atomic E-state index is 10.3. The van der Waals surface area contributed by atoms with Crippen molar-refractivity contribution in [3.05, 3.63) is 76.3 Å². The molecule has 0 bridgehead atoms. The Hall–Kier alpha value is -2.82. The summed E-state index contributed by atoms with van der Waals surface area (Å²) in [4.78, 5) is 8.74. The fourth-order valence-corrected chi connectivity index (χ4v) is 2.82. The van der Waals surface area contributed by atoms with Gasteiger partial charge in [0.15, 0.2) is 5.58 Å². The number of aromatic nitrogens is 1. The summed E-state index contributed by atoms with van der Waals surface area (Å²) < 4.78 is 5.69. The van der Waals surface area contributed by atoms with Crippen molar-refractivity contribution >= 4 is 46.2 Å². The molecule has 4 nitrogen and oxygen atoms in total. The molecule has 1 aromatic heterocycles. The number of nitrogens with zero attached hydrogens (tertiary/aromatic N) is 2. The second-order valence-corrected chi connectivity index (χ2v) is 6.43. The maximum Gasteiger partial charge on any atom is 0.231 e. The third-order valence-electron chi connectivity index (χ3n) is 3.81. The lowest BCUT2D eigenvalue weighted by atomic mass is 10.2. The molecule has 0 atom stereocenters. The second kappa shape index (κ2) is 6.83. The molecule has 0 aliphatic heterocycles. The van der Waals surface area contributed by atoms with Crippen LogP contribution in [0.25, 0.3) is 22.6 Å². The van der Waals surface area contributed by atoms with E-state index in [2.05, 4.69) is 9.98 Å². The van der Waals surface area contributed by atoms with Crippen molar-refractivity contribution in [2.75, 3.05) is 0 Å². The zero-order valence-corrected chi connectivity index (χ0v) is 14.9. The molecule has 0 amide bonds. The van der Waals surface area contributed by atoms with Crippen molar-refractivity contribution in [3.63, 3.8) is 0 Å². The molecule has 4 rings (SSSR count). The number of hydrogen-bond donors (Lipinski definition) is 1. The molecule has 0 fully saturated rings. The minimum atomic E-state index is 0.0420. The Morgan fingerprint density at radius 3 is 2.58 bits per heavy atom. The van der Waals surface area contributed by atoms with Crippen LogP contribution in [-0.4, -0.2) is 16.3 Å². The highest BCUT2D eigenvalue weighted by molar-refractivity contribution is 6.42. The summed E-state index contributed by atoms with van der Waals surface area (Å²) in [6.07, 6.45) is 1.65. The molecule has 0 aliphatic rings. The number of halogens is 2. The lowest BCUT2D eigenvalue weighted by Crippen LogP contribution is -1.82. The summed E-state index contributed by atoms with van der Waals surface area (Å²) >= 11 is 11.9. The Morgan fingerprint density at radius 1 is 0.962 bits per heavy atom. The van der Waals surface area contributed by atoms with Crippen LogP contribution in [0.4, 0.5) is 5.69 Å². The van der Waals surface area contributed by atoms with Gasteiger partial charge in [-0.05, 0) is 42.0 Å². The third-order valence-corrected chi connectivity index (χ3v) is 4.55. The van der Waals surface area contributed by atoms with Crippen molar-refractivity contribution in [1.82, 2.24) is 4.98 Å². The maximum absolute atomic E-state index is 10.3. The van der Waals surface area contributed by atoms with Crippen LogP contribution in [-0.2, 0) is 0 Å². The van der Waals surface area contributed by atoms with Gasteiger partial charge in [-0.25, -0.2) is 4.98 Å². The molecule has 4 aromatic rings. The second-order valence-electron chi connectivity index (χ2n) is 5.62. The Kier molecular flexibility index (Phi) is 4.37. The highest BCUT2D eigenvalue weighted by Gasteiger charge is 2.12. The minimum Gasteiger partial charge on any atom is -0.507 e. The van der Waals surface area contributed by atoms with Gasteiger partial charge in [0.05, 0.1) is 21.3 Å². The number of phenols is 1. The molecule has 0 unspecified atom stereocenters. The molecule has 1 heterocycles. The van der Waals surface area contributed by atoms with Gasteiger partial charge in [0.25, 0.3) is 0 Å². The van der Waals surface area contributed by atoms with Crippen molar-refractivity contribution in [2.24, 2.45) is 4.99 Å². The van der Waals surface area contributed by atoms with Gasteiger partial charge in [0.1, 0.15) is 11.3 Å². The van der Waals surface area contributed by atoms with Gasteiger partial charge in [0, 0.05) is 12.3 Å². The van der Waals surface area contributed by atoms with Gasteiger partial charge in [-0.1, -0.05) is 41.4 Å². The molecule has 1 N–H and O–H groups in total. The van der Waals surface area contributed by atoms with E-state index in [0.29, 0.717) is 32.8 Å². The first kappa shape index (κ1) is 16.6. The fourth-order valence-electron chi connectivity index (χ4n) is 2.51. The van der Waals surface area contributed by atoms with Crippen LogP contribution in [0.3, 0.4) is 0 Å². The van der Waals surface area contributed by atoms with E-state index in [-0.39, 0.29) is 5.75 Å². The summed E-state index contributed by atoms with van der Waals surface area (Å²) in [6.45, 7) is 0. The molecular formula is C20H12Cl2N2O2. The molecule has 0 saturated carbocycles.